The van der Waals surface area contributed by atoms with Crippen LogP contribution >= 0.6 is 0 Å². The van der Waals surface area contributed by atoms with Crippen LogP contribution in [0.3, 0.4) is 0 Å². The van der Waals surface area contributed by atoms with Crippen LogP contribution in [0.2, 0.25) is 0 Å². The van der Waals surface area contributed by atoms with Gasteiger partial charge < -0.3 is 15.5 Å². The third kappa shape index (κ3) is 3.63. The molecule has 0 spiro atoms. The van der Waals surface area contributed by atoms with Crippen molar-refractivity contribution >= 4 is 11.6 Å². The predicted molar refractivity (Wildman–Crippen MR) is 83.3 cm³/mol. The number of hydrogen-bond donors (Lipinski definition) is 1. The van der Waals surface area contributed by atoms with E-state index in [0.29, 0.717) is 31.9 Å². The van der Waals surface area contributed by atoms with Crippen molar-refractivity contribution in [2.75, 3.05) is 31.1 Å². The van der Waals surface area contributed by atoms with Gasteiger partial charge >= 0.3 is 6.18 Å². The van der Waals surface area contributed by atoms with E-state index in [9.17, 15) is 18.0 Å². The van der Waals surface area contributed by atoms with Crippen molar-refractivity contribution in [3.8, 4) is 0 Å². The number of pyridine rings is 1. The van der Waals surface area contributed by atoms with Gasteiger partial charge in [-0.3, -0.25) is 9.78 Å². The van der Waals surface area contributed by atoms with Gasteiger partial charge in [0.15, 0.2) is 0 Å². The lowest BCUT2D eigenvalue weighted by molar-refractivity contribution is -0.137. The molecule has 2 aliphatic rings. The van der Waals surface area contributed by atoms with Crippen LogP contribution in [0.25, 0.3) is 0 Å². The first kappa shape index (κ1) is 17.0. The largest absolute Gasteiger partial charge is 0.417 e. The van der Waals surface area contributed by atoms with E-state index in [1.54, 1.807) is 4.90 Å². The fourth-order valence-electron chi connectivity index (χ4n) is 3.44. The Morgan fingerprint density at radius 1 is 1.17 bits per heavy atom. The average molecular weight is 342 g/mol. The topological polar surface area (TPSA) is 62.5 Å². The molecule has 132 valence electrons. The summed E-state index contributed by atoms with van der Waals surface area (Å²) in [7, 11) is 0. The molecule has 3 rings (SSSR count). The highest BCUT2D eigenvalue weighted by Gasteiger charge is 2.34. The molecule has 2 fully saturated rings. The number of anilines is 1. The minimum absolute atomic E-state index is 0.00164. The quantitative estimate of drug-likeness (QED) is 0.891. The molecule has 24 heavy (non-hydrogen) atoms. The highest BCUT2D eigenvalue weighted by molar-refractivity contribution is 5.79. The number of nitrogens with two attached hydrogens (primary N) is 1. The Kier molecular flexibility index (Phi) is 4.67. The zero-order valence-corrected chi connectivity index (χ0v) is 13.3. The SMILES string of the molecule is NC1CCC(C(=O)N2CCN(c3cncc(C(F)(F)F)c3)CC2)C1. The summed E-state index contributed by atoms with van der Waals surface area (Å²) in [5, 5.41) is 0. The molecule has 1 aromatic rings. The number of carbonyl (C=O) groups is 1. The number of hydrogen-bond acceptors (Lipinski definition) is 4. The van der Waals surface area contributed by atoms with Crippen LogP contribution < -0.4 is 10.6 Å². The second-order valence-corrected chi connectivity index (χ2v) is 6.51. The average Bonchev–Trinajstić information content (AvgIpc) is 3.00. The molecule has 1 aliphatic carbocycles. The zero-order valence-electron chi connectivity index (χ0n) is 13.3. The molecular weight excluding hydrogens is 321 g/mol. The molecule has 2 heterocycles. The molecule has 1 saturated heterocycles. The Morgan fingerprint density at radius 2 is 1.88 bits per heavy atom. The van der Waals surface area contributed by atoms with E-state index in [1.165, 1.54) is 6.20 Å². The van der Waals surface area contributed by atoms with Crippen LogP contribution in [-0.4, -0.2) is 48.0 Å². The van der Waals surface area contributed by atoms with E-state index in [-0.39, 0.29) is 17.9 Å². The van der Waals surface area contributed by atoms with Gasteiger partial charge in [0.1, 0.15) is 0 Å². The maximum absolute atomic E-state index is 12.8. The molecule has 5 nitrogen and oxygen atoms in total. The molecule has 1 aliphatic heterocycles. The van der Waals surface area contributed by atoms with Gasteiger partial charge in [-0.2, -0.15) is 13.2 Å². The maximum Gasteiger partial charge on any atom is 0.417 e. The van der Waals surface area contributed by atoms with Crippen LogP contribution in [-0.2, 0) is 11.0 Å². The van der Waals surface area contributed by atoms with E-state index in [2.05, 4.69) is 4.98 Å². The number of alkyl halides is 3. The zero-order chi connectivity index (χ0) is 17.3. The van der Waals surface area contributed by atoms with Gasteiger partial charge in [-0.1, -0.05) is 0 Å². The first-order valence-corrected chi connectivity index (χ1v) is 8.16. The molecule has 2 N–H and O–H groups in total. The number of halogens is 3. The minimum Gasteiger partial charge on any atom is -0.367 e. The van der Waals surface area contributed by atoms with Crippen molar-refractivity contribution in [3.63, 3.8) is 0 Å². The third-order valence-corrected chi connectivity index (χ3v) is 4.83. The van der Waals surface area contributed by atoms with Gasteiger partial charge in [-0.25, -0.2) is 0 Å². The number of amides is 1. The lowest BCUT2D eigenvalue weighted by Gasteiger charge is -2.37. The summed E-state index contributed by atoms with van der Waals surface area (Å²) in [5.41, 5.74) is 5.55. The van der Waals surface area contributed by atoms with Gasteiger partial charge in [-0.05, 0) is 25.3 Å². The van der Waals surface area contributed by atoms with Crippen molar-refractivity contribution in [1.29, 1.82) is 0 Å². The van der Waals surface area contributed by atoms with Crippen LogP contribution in [0.15, 0.2) is 18.5 Å². The van der Waals surface area contributed by atoms with E-state index in [0.717, 1.165) is 31.5 Å². The molecular formula is C16H21F3N4O. The highest BCUT2D eigenvalue weighted by atomic mass is 19.4. The summed E-state index contributed by atoms with van der Waals surface area (Å²) in [6.07, 6.45) is 0.304. The lowest BCUT2D eigenvalue weighted by atomic mass is 10.1. The maximum atomic E-state index is 12.8. The van der Waals surface area contributed by atoms with Gasteiger partial charge in [0.2, 0.25) is 5.91 Å². The minimum atomic E-state index is -4.40. The monoisotopic (exact) mass is 342 g/mol. The Bertz CT molecular complexity index is 599. The summed E-state index contributed by atoms with van der Waals surface area (Å²) in [4.78, 5) is 19.8. The molecule has 2 atom stereocenters. The van der Waals surface area contributed by atoms with Crippen LogP contribution in [0.5, 0.6) is 0 Å². The van der Waals surface area contributed by atoms with Gasteiger partial charge in [0.05, 0.1) is 17.4 Å². The fraction of sp³-hybridized carbons (Fsp3) is 0.625. The molecule has 0 radical (unpaired) electrons. The Balaban J connectivity index is 1.60. The number of nitrogens with zero attached hydrogens (tertiary/aromatic N) is 3. The molecule has 8 heteroatoms. The van der Waals surface area contributed by atoms with Crippen LogP contribution in [0.4, 0.5) is 18.9 Å². The third-order valence-electron chi connectivity index (χ3n) is 4.83. The second kappa shape index (κ2) is 6.58. The number of aromatic nitrogens is 1. The van der Waals surface area contributed by atoms with Gasteiger partial charge in [-0.15, -0.1) is 0 Å². The lowest BCUT2D eigenvalue weighted by Crippen LogP contribution is -2.50. The van der Waals surface area contributed by atoms with Crippen molar-refractivity contribution < 1.29 is 18.0 Å². The first-order valence-electron chi connectivity index (χ1n) is 8.16. The Labute approximate surface area is 138 Å². The molecule has 1 saturated carbocycles. The summed E-state index contributed by atoms with van der Waals surface area (Å²) in [6.45, 7) is 2.04. The predicted octanol–water partition coefficient (Wildman–Crippen LogP) is 1.88. The number of piperazine rings is 1. The fourth-order valence-corrected chi connectivity index (χ4v) is 3.44. The van der Waals surface area contributed by atoms with Gasteiger partial charge in [0, 0.05) is 44.3 Å². The molecule has 2 unspecified atom stereocenters. The van der Waals surface area contributed by atoms with E-state index in [4.69, 9.17) is 5.73 Å². The van der Waals surface area contributed by atoms with Crippen LogP contribution in [0, 0.1) is 5.92 Å². The van der Waals surface area contributed by atoms with E-state index in [1.807, 2.05) is 4.90 Å². The van der Waals surface area contributed by atoms with Crippen LogP contribution in [0.1, 0.15) is 24.8 Å². The molecule has 1 aromatic heterocycles. The van der Waals surface area contributed by atoms with E-state index >= 15 is 0 Å². The van der Waals surface area contributed by atoms with Gasteiger partial charge in [0.25, 0.3) is 0 Å². The summed E-state index contributed by atoms with van der Waals surface area (Å²) in [5.74, 6) is 0.131. The summed E-state index contributed by atoms with van der Waals surface area (Å²) in [6, 6.07) is 1.22. The summed E-state index contributed by atoms with van der Waals surface area (Å²) < 4.78 is 38.4. The highest BCUT2D eigenvalue weighted by Crippen LogP contribution is 2.31. The smallest absolute Gasteiger partial charge is 0.367 e. The Morgan fingerprint density at radius 3 is 2.46 bits per heavy atom. The van der Waals surface area contributed by atoms with Crippen molar-refractivity contribution in [2.24, 2.45) is 11.7 Å². The molecule has 0 aromatic carbocycles. The van der Waals surface area contributed by atoms with E-state index < -0.39 is 11.7 Å². The molecule has 1 amide bonds. The number of carbonyl (C=O) groups excluding carboxylic acids is 1. The summed E-state index contributed by atoms with van der Waals surface area (Å²) >= 11 is 0. The normalized spacial score (nSPS) is 25.2. The Hall–Kier alpha value is -1.83. The number of rotatable bonds is 2. The first-order chi connectivity index (χ1) is 11.3. The van der Waals surface area contributed by atoms with Crippen molar-refractivity contribution in [1.82, 2.24) is 9.88 Å². The molecule has 0 bridgehead atoms. The standard InChI is InChI=1S/C16H21F3N4O/c17-16(18,19)12-8-14(10-21-9-12)22-3-5-23(6-4-22)15(24)11-1-2-13(20)7-11/h8-11,13H,1-7,20H2. The van der Waals surface area contributed by atoms with Crippen molar-refractivity contribution in [3.05, 3.63) is 24.0 Å². The van der Waals surface area contributed by atoms with Crippen molar-refractivity contribution in [2.45, 2.75) is 31.5 Å². The second-order valence-electron chi connectivity index (χ2n) is 6.51.